The highest BCUT2D eigenvalue weighted by atomic mass is 16.6. The summed E-state index contributed by atoms with van der Waals surface area (Å²) in [5.74, 6) is 0. The molecule has 0 aromatic rings. The summed E-state index contributed by atoms with van der Waals surface area (Å²) in [5.41, 5.74) is -0.126. The first-order valence-electron chi connectivity index (χ1n) is 6.00. The van der Waals surface area contributed by atoms with Crippen LogP contribution in [-0.4, -0.2) is 38.1 Å². The van der Waals surface area contributed by atoms with Gasteiger partial charge in [0.1, 0.15) is 6.10 Å². The van der Waals surface area contributed by atoms with Crippen LogP contribution in [0.1, 0.15) is 34.1 Å². The molecule has 0 aliphatic heterocycles. The van der Waals surface area contributed by atoms with Gasteiger partial charge in [-0.25, -0.2) is 0 Å². The molecule has 0 saturated heterocycles. The summed E-state index contributed by atoms with van der Waals surface area (Å²) >= 11 is 0. The van der Waals surface area contributed by atoms with Crippen molar-refractivity contribution in [2.75, 3.05) is 26.4 Å². The average Bonchev–Trinajstić information content (AvgIpc) is 2.25. The van der Waals surface area contributed by atoms with Gasteiger partial charge >= 0.3 is 0 Å². The SMILES string of the molecule is C=CCOCC(COCC)OC(C)(C)CC. The summed E-state index contributed by atoms with van der Waals surface area (Å²) < 4.78 is 16.7. The van der Waals surface area contributed by atoms with Crippen LogP contribution in [0.5, 0.6) is 0 Å². The van der Waals surface area contributed by atoms with E-state index in [4.69, 9.17) is 14.2 Å². The van der Waals surface area contributed by atoms with Crippen molar-refractivity contribution in [3.63, 3.8) is 0 Å². The third-order valence-corrected chi connectivity index (χ3v) is 2.38. The molecule has 0 aliphatic carbocycles. The molecule has 3 heteroatoms. The topological polar surface area (TPSA) is 27.7 Å². The molecule has 0 spiro atoms. The minimum Gasteiger partial charge on any atom is -0.379 e. The Hall–Kier alpha value is -0.380. The monoisotopic (exact) mass is 230 g/mol. The molecule has 0 rings (SSSR count). The van der Waals surface area contributed by atoms with Crippen LogP contribution >= 0.6 is 0 Å². The largest absolute Gasteiger partial charge is 0.379 e. The van der Waals surface area contributed by atoms with Crippen molar-refractivity contribution in [3.8, 4) is 0 Å². The van der Waals surface area contributed by atoms with Crippen LogP contribution in [0.4, 0.5) is 0 Å². The van der Waals surface area contributed by atoms with Crippen LogP contribution in [0.25, 0.3) is 0 Å². The third kappa shape index (κ3) is 7.85. The number of hydrogen-bond donors (Lipinski definition) is 0. The Kier molecular flexibility index (Phi) is 8.53. The van der Waals surface area contributed by atoms with Gasteiger partial charge in [0.05, 0.1) is 25.4 Å². The Bertz CT molecular complexity index is 178. The van der Waals surface area contributed by atoms with E-state index in [9.17, 15) is 0 Å². The fourth-order valence-corrected chi connectivity index (χ4v) is 1.18. The molecule has 0 heterocycles. The maximum absolute atomic E-state index is 5.95. The highest BCUT2D eigenvalue weighted by Crippen LogP contribution is 2.16. The maximum atomic E-state index is 5.95. The second-order valence-corrected chi connectivity index (χ2v) is 4.34. The molecule has 0 amide bonds. The maximum Gasteiger partial charge on any atom is 0.105 e. The van der Waals surface area contributed by atoms with Gasteiger partial charge in [-0.05, 0) is 27.2 Å². The van der Waals surface area contributed by atoms with E-state index >= 15 is 0 Å². The second kappa shape index (κ2) is 8.74. The van der Waals surface area contributed by atoms with E-state index in [0.717, 1.165) is 6.42 Å². The normalized spacial score (nSPS) is 13.8. The van der Waals surface area contributed by atoms with E-state index in [1.165, 1.54) is 0 Å². The fraction of sp³-hybridized carbons (Fsp3) is 0.846. The smallest absolute Gasteiger partial charge is 0.105 e. The van der Waals surface area contributed by atoms with Gasteiger partial charge in [0.15, 0.2) is 0 Å². The average molecular weight is 230 g/mol. The van der Waals surface area contributed by atoms with Crippen LogP contribution in [-0.2, 0) is 14.2 Å². The number of hydrogen-bond acceptors (Lipinski definition) is 3. The Balaban J connectivity index is 4.03. The highest BCUT2D eigenvalue weighted by molar-refractivity contribution is 4.71. The van der Waals surface area contributed by atoms with Gasteiger partial charge in [-0.2, -0.15) is 0 Å². The van der Waals surface area contributed by atoms with Gasteiger partial charge in [-0.3, -0.25) is 0 Å². The van der Waals surface area contributed by atoms with Crippen LogP contribution in [0.2, 0.25) is 0 Å². The Morgan fingerprint density at radius 2 is 1.81 bits per heavy atom. The molecule has 0 N–H and O–H groups in total. The van der Waals surface area contributed by atoms with Crippen LogP contribution in [0, 0.1) is 0 Å². The van der Waals surface area contributed by atoms with Crippen molar-refractivity contribution in [3.05, 3.63) is 12.7 Å². The highest BCUT2D eigenvalue weighted by Gasteiger charge is 2.22. The summed E-state index contributed by atoms with van der Waals surface area (Å²) in [6.07, 6.45) is 2.70. The fourth-order valence-electron chi connectivity index (χ4n) is 1.18. The lowest BCUT2D eigenvalue weighted by Crippen LogP contribution is -2.35. The molecule has 1 atom stereocenters. The van der Waals surface area contributed by atoms with Gasteiger partial charge < -0.3 is 14.2 Å². The standard InChI is InChI=1S/C13H26O3/c1-6-9-15-11-12(10-14-8-3)16-13(4,5)7-2/h6,12H,1,7-11H2,2-5H3. The molecule has 96 valence electrons. The van der Waals surface area contributed by atoms with Crippen LogP contribution in [0.15, 0.2) is 12.7 Å². The molecule has 0 radical (unpaired) electrons. The Morgan fingerprint density at radius 3 is 2.31 bits per heavy atom. The van der Waals surface area contributed by atoms with Gasteiger partial charge in [0, 0.05) is 6.61 Å². The minimum absolute atomic E-state index is 0.00477. The molecule has 0 bridgehead atoms. The Morgan fingerprint density at radius 1 is 1.19 bits per heavy atom. The lowest BCUT2D eigenvalue weighted by Gasteiger charge is -2.29. The predicted octanol–water partition coefficient (Wildman–Crippen LogP) is 2.80. The van der Waals surface area contributed by atoms with Gasteiger partial charge in [-0.15, -0.1) is 6.58 Å². The lowest BCUT2D eigenvalue weighted by atomic mass is 10.1. The molecule has 0 aliphatic rings. The summed E-state index contributed by atoms with van der Waals surface area (Å²) in [4.78, 5) is 0. The van der Waals surface area contributed by atoms with Crippen molar-refractivity contribution in [1.82, 2.24) is 0 Å². The summed E-state index contributed by atoms with van der Waals surface area (Å²) in [5, 5.41) is 0. The van der Waals surface area contributed by atoms with E-state index < -0.39 is 0 Å². The van der Waals surface area contributed by atoms with Gasteiger partial charge in [-0.1, -0.05) is 13.0 Å². The molecule has 0 saturated carbocycles. The van der Waals surface area contributed by atoms with Crippen molar-refractivity contribution in [1.29, 1.82) is 0 Å². The summed E-state index contributed by atoms with van der Waals surface area (Å²) in [6, 6.07) is 0. The molecule has 3 nitrogen and oxygen atoms in total. The molecule has 1 unspecified atom stereocenters. The zero-order chi connectivity index (χ0) is 12.4. The van der Waals surface area contributed by atoms with E-state index in [0.29, 0.717) is 26.4 Å². The lowest BCUT2D eigenvalue weighted by molar-refractivity contribution is -0.125. The van der Waals surface area contributed by atoms with Crippen molar-refractivity contribution < 1.29 is 14.2 Å². The van der Waals surface area contributed by atoms with E-state index in [1.807, 2.05) is 6.92 Å². The quantitative estimate of drug-likeness (QED) is 0.426. The van der Waals surface area contributed by atoms with Crippen molar-refractivity contribution in [2.24, 2.45) is 0 Å². The van der Waals surface area contributed by atoms with E-state index in [2.05, 4.69) is 27.4 Å². The molecule has 0 aromatic carbocycles. The number of rotatable bonds is 10. The molecule has 0 fully saturated rings. The van der Waals surface area contributed by atoms with Crippen molar-refractivity contribution in [2.45, 2.75) is 45.8 Å². The molecule has 0 aromatic heterocycles. The van der Waals surface area contributed by atoms with Crippen LogP contribution < -0.4 is 0 Å². The summed E-state index contributed by atoms with van der Waals surface area (Å²) in [6.45, 7) is 14.3. The minimum atomic E-state index is -0.126. The first kappa shape index (κ1) is 15.6. The van der Waals surface area contributed by atoms with Gasteiger partial charge in [0.2, 0.25) is 0 Å². The number of ether oxygens (including phenoxy) is 3. The first-order valence-corrected chi connectivity index (χ1v) is 6.00. The Labute approximate surface area is 99.8 Å². The zero-order valence-corrected chi connectivity index (χ0v) is 11.1. The van der Waals surface area contributed by atoms with E-state index in [-0.39, 0.29) is 11.7 Å². The van der Waals surface area contributed by atoms with Crippen LogP contribution in [0.3, 0.4) is 0 Å². The van der Waals surface area contributed by atoms with Crippen molar-refractivity contribution >= 4 is 0 Å². The third-order valence-electron chi connectivity index (χ3n) is 2.38. The second-order valence-electron chi connectivity index (χ2n) is 4.34. The predicted molar refractivity (Wildman–Crippen MR) is 66.8 cm³/mol. The first-order chi connectivity index (χ1) is 7.55. The zero-order valence-electron chi connectivity index (χ0n) is 11.1. The van der Waals surface area contributed by atoms with E-state index in [1.54, 1.807) is 6.08 Å². The van der Waals surface area contributed by atoms with Gasteiger partial charge in [0.25, 0.3) is 0 Å². The molecular weight excluding hydrogens is 204 g/mol. The molecule has 16 heavy (non-hydrogen) atoms. The molecular formula is C13H26O3. The summed E-state index contributed by atoms with van der Waals surface area (Å²) in [7, 11) is 0.